The average Bonchev–Trinajstić information content (AvgIpc) is 2.69. The van der Waals surface area contributed by atoms with Gasteiger partial charge in [0.05, 0.1) is 41.2 Å². The molecule has 144 valence electrons. The predicted octanol–water partition coefficient (Wildman–Crippen LogP) is 6.17. The number of aromatic nitrogens is 1. The molecule has 0 unspecified atom stereocenters. The maximum absolute atomic E-state index is 9.54. The van der Waals surface area contributed by atoms with Gasteiger partial charge in [-0.05, 0) is 30.7 Å². The first-order valence-electron chi connectivity index (χ1n) is 8.39. The number of nitriles is 1. The number of nitrogens with zero attached hydrogens (tertiary/aromatic N) is 2. The molecule has 0 aliphatic heterocycles. The zero-order chi connectivity index (χ0) is 20.1. The first-order valence-corrected chi connectivity index (χ1v) is 9.68. The molecule has 1 N–H and O–H groups in total. The molecule has 0 saturated carbocycles. The van der Waals surface area contributed by atoms with Crippen molar-refractivity contribution in [2.24, 2.45) is 0 Å². The highest BCUT2D eigenvalue weighted by Gasteiger charge is 2.15. The summed E-state index contributed by atoms with van der Waals surface area (Å²) in [6.07, 6.45) is 2.22. The lowest BCUT2D eigenvalue weighted by atomic mass is 10.1. The molecule has 0 aliphatic rings. The maximum atomic E-state index is 9.54. The highest BCUT2D eigenvalue weighted by molar-refractivity contribution is 6.36. The summed E-state index contributed by atoms with van der Waals surface area (Å²) in [5.74, 6) is 1.60. The molecule has 0 bridgehead atoms. The Morgan fingerprint density at radius 2 is 2.00 bits per heavy atom. The molecular weight excluding hydrogens is 421 g/mol. The molecule has 0 saturated heterocycles. The third-order valence-corrected chi connectivity index (χ3v) is 4.82. The standard InChI is InChI=1S/C20H16Cl3N3O2/c1-27-18-8-14-17(9-19(18)28-6-2-5-21)25-11-12(10-24)20(14)26-16-4-3-13(22)7-15(16)23/h3-4,7-9,11H,2,5-6H2,1H3,(H,25,26). The monoisotopic (exact) mass is 435 g/mol. The minimum absolute atomic E-state index is 0.372. The molecule has 3 aromatic rings. The van der Waals surface area contributed by atoms with Crippen LogP contribution in [0, 0.1) is 11.3 Å². The minimum Gasteiger partial charge on any atom is -0.493 e. The number of alkyl halides is 1. The van der Waals surface area contributed by atoms with Gasteiger partial charge in [0.2, 0.25) is 0 Å². The first kappa shape index (κ1) is 20.3. The van der Waals surface area contributed by atoms with Crippen molar-refractivity contribution in [1.29, 1.82) is 5.26 Å². The van der Waals surface area contributed by atoms with Gasteiger partial charge in [-0.3, -0.25) is 4.98 Å². The molecule has 0 fully saturated rings. The second kappa shape index (κ2) is 9.20. The molecule has 5 nitrogen and oxygen atoms in total. The summed E-state index contributed by atoms with van der Waals surface area (Å²) in [5, 5.41) is 14.4. The summed E-state index contributed by atoms with van der Waals surface area (Å²) in [6, 6.07) is 10.8. The van der Waals surface area contributed by atoms with E-state index in [1.807, 2.05) is 0 Å². The lowest BCUT2D eigenvalue weighted by Crippen LogP contribution is -2.02. The number of rotatable bonds is 7. The summed E-state index contributed by atoms with van der Waals surface area (Å²) in [5.41, 5.74) is 2.21. The van der Waals surface area contributed by atoms with Gasteiger partial charge in [0.15, 0.2) is 11.5 Å². The molecule has 3 rings (SSSR count). The normalized spacial score (nSPS) is 10.5. The van der Waals surface area contributed by atoms with E-state index >= 15 is 0 Å². The maximum Gasteiger partial charge on any atom is 0.163 e. The first-order chi connectivity index (χ1) is 13.6. The van der Waals surface area contributed by atoms with Gasteiger partial charge in [-0.25, -0.2) is 0 Å². The fourth-order valence-electron chi connectivity index (χ4n) is 2.65. The Morgan fingerprint density at radius 1 is 1.18 bits per heavy atom. The Bertz CT molecular complexity index is 1050. The van der Waals surface area contributed by atoms with Crippen LogP contribution in [0.15, 0.2) is 36.5 Å². The van der Waals surface area contributed by atoms with E-state index in [-0.39, 0.29) is 0 Å². The summed E-state index contributed by atoms with van der Waals surface area (Å²) < 4.78 is 11.2. The molecule has 0 radical (unpaired) electrons. The number of ether oxygens (including phenoxy) is 2. The Kier molecular flexibility index (Phi) is 6.69. The number of anilines is 2. The van der Waals surface area contributed by atoms with Crippen molar-refractivity contribution in [3.63, 3.8) is 0 Å². The van der Waals surface area contributed by atoms with Gasteiger partial charge in [0.1, 0.15) is 6.07 Å². The lowest BCUT2D eigenvalue weighted by molar-refractivity contribution is 0.295. The third kappa shape index (κ3) is 4.36. The second-order valence-corrected chi connectivity index (χ2v) is 7.04. The third-order valence-electron chi connectivity index (χ3n) is 4.00. The van der Waals surface area contributed by atoms with E-state index in [9.17, 15) is 5.26 Å². The molecule has 2 aromatic carbocycles. The summed E-state index contributed by atoms with van der Waals surface area (Å²) in [4.78, 5) is 4.38. The predicted molar refractivity (Wildman–Crippen MR) is 114 cm³/mol. The van der Waals surface area contributed by atoms with Crippen LogP contribution in [0.2, 0.25) is 10.0 Å². The Hall–Kier alpha value is -2.39. The van der Waals surface area contributed by atoms with Gasteiger partial charge < -0.3 is 14.8 Å². The molecule has 8 heteroatoms. The lowest BCUT2D eigenvalue weighted by Gasteiger charge is -2.16. The molecule has 28 heavy (non-hydrogen) atoms. The van der Waals surface area contributed by atoms with Crippen molar-refractivity contribution in [3.8, 4) is 17.6 Å². The second-order valence-electron chi connectivity index (χ2n) is 5.82. The van der Waals surface area contributed by atoms with E-state index < -0.39 is 0 Å². The summed E-state index contributed by atoms with van der Waals surface area (Å²) >= 11 is 18.0. The van der Waals surface area contributed by atoms with E-state index in [1.54, 1.807) is 37.4 Å². The van der Waals surface area contributed by atoms with Gasteiger partial charge in [-0.2, -0.15) is 5.26 Å². The van der Waals surface area contributed by atoms with Crippen molar-refractivity contribution in [2.45, 2.75) is 6.42 Å². The van der Waals surface area contributed by atoms with E-state index in [2.05, 4.69) is 16.4 Å². The molecule has 1 heterocycles. The zero-order valence-corrected chi connectivity index (χ0v) is 17.2. The number of benzene rings is 2. The van der Waals surface area contributed by atoms with Crippen LogP contribution in [-0.2, 0) is 0 Å². The molecule has 0 spiro atoms. The molecule has 1 aromatic heterocycles. The SMILES string of the molecule is COc1cc2c(Nc3ccc(Cl)cc3Cl)c(C#N)cnc2cc1OCCCCl. The number of methoxy groups -OCH3 is 1. The zero-order valence-electron chi connectivity index (χ0n) is 14.9. The molecule has 0 aliphatic carbocycles. The van der Waals surface area contributed by atoms with Crippen molar-refractivity contribution in [3.05, 3.63) is 52.1 Å². The van der Waals surface area contributed by atoms with Gasteiger partial charge in [-0.1, -0.05) is 23.2 Å². The molecule has 0 atom stereocenters. The number of hydrogen-bond acceptors (Lipinski definition) is 5. The minimum atomic E-state index is 0.372. The average molecular weight is 437 g/mol. The van der Waals surface area contributed by atoms with E-state index in [1.165, 1.54) is 6.20 Å². The van der Waals surface area contributed by atoms with Crippen LogP contribution in [0.4, 0.5) is 11.4 Å². The van der Waals surface area contributed by atoms with Crippen molar-refractivity contribution in [2.75, 3.05) is 24.9 Å². The highest BCUT2D eigenvalue weighted by Crippen LogP contribution is 2.38. The van der Waals surface area contributed by atoms with Gasteiger partial charge in [0.25, 0.3) is 0 Å². The van der Waals surface area contributed by atoms with Crippen LogP contribution in [-0.4, -0.2) is 24.6 Å². The molecular formula is C20H16Cl3N3O2. The number of halogens is 3. The van der Waals surface area contributed by atoms with Crippen LogP contribution in [0.1, 0.15) is 12.0 Å². The smallest absolute Gasteiger partial charge is 0.163 e. The Balaban J connectivity index is 2.10. The van der Waals surface area contributed by atoms with Crippen molar-refractivity contribution < 1.29 is 9.47 Å². The summed E-state index contributed by atoms with van der Waals surface area (Å²) in [7, 11) is 1.56. The van der Waals surface area contributed by atoms with E-state index in [4.69, 9.17) is 44.3 Å². The Morgan fingerprint density at radius 3 is 2.68 bits per heavy atom. The number of fused-ring (bicyclic) bond motifs is 1. The van der Waals surface area contributed by atoms with Crippen LogP contribution in [0.3, 0.4) is 0 Å². The fraction of sp³-hybridized carbons (Fsp3) is 0.200. The number of pyridine rings is 1. The Labute approximate surface area is 177 Å². The van der Waals surface area contributed by atoms with Crippen LogP contribution in [0.5, 0.6) is 11.5 Å². The fourth-order valence-corrected chi connectivity index (χ4v) is 3.22. The number of nitrogens with one attached hydrogen (secondary N) is 1. The van der Waals surface area contributed by atoms with Gasteiger partial charge >= 0.3 is 0 Å². The summed E-state index contributed by atoms with van der Waals surface area (Å²) in [6.45, 7) is 0.465. The van der Waals surface area contributed by atoms with E-state index in [0.29, 0.717) is 68.3 Å². The van der Waals surface area contributed by atoms with Gasteiger partial charge in [0, 0.05) is 28.6 Å². The quantitative estimate of drug-likeness (QED) is 0.354. The van der Waals surface area contributed by atoms with Gasteiger partial charge in [-0.15, -0.1) is 11.6 Å². The number of hydrogen-bond donors (Lipinski definition) is 1. The van der Waals surface area contributed by atoms with Crippen LogP contribution < -0.4 is 14.8 Å². The van der Waals surface area contributed by atoms with Crippen molar-refractivity contribution >= 4 is 57.1 Å². The van der Waals surface area contributed by atoms with Crippen LogP contribution in [0.25, 0.3) is 10.9 Å². The largest absolute Gasteiger partial charge is 0.493 e. The van der Waals surface area contributed by atoms with Crippen molar-refractivity contribution in [1.82, 2.24) is 4.98 Å². The topological polar surface area (TPSA) is 67.2 Å². The van der Waals surface area contributed by atoms with E-state index in [0.717, 1.165) is 0 Å². The molecule has 0 amide bonds. The van der Waals surface area contributed by atoms with Crippen LogP contribution >= 0.6 is 34.8 Å². The highest BCUT2D eigenvalue weighted by atomic mass is 35.5.